The number of carbonyl (C=O) groups is 2. The van der Waals surface area contributed by atoms with Crippen molar-refractivity contribution in [3.63, 3.8) is 0 Å². The first-order chi connectivity index (χ1) is 14.1. The highest BCUT2D eigenvalue weighted by Gasteiger charge is 2.25. The second kappa shape index (κ2) is 8.13. The third kappa shape index (κ3) is 4.26. The van der Waals surface area contributed by atoms with Crippen LogP contribution in [0.5, 0.6) is 0 Å². The monoisotopic (exact) mass is 395 g/mol. The lowest BCUT2D eigenvalue weighted by Crippen LogP contribution is -2.47. The first kappa shape index (κ1) is 18.7. The number of hydrogen-bond donors (Lipinski definition) is 2. The minimum absolute atomic E-state index is 0.00882. The van der Waals surface area contributed by atoms with Crippen LogP contribution in [0, 0.1) is 0 Å². The van der Waals surface area contributed by atoms with Gasteiger partial charge in [0.2, 0.25) is 0 Å². The van der Waals surface area contributed by atoms with E-state index in [0.717, 1.165) is 5.56 Å². The average Bonchev–Trinajstić information content (AvgIpc) is 3.40. The summed E-state index contributed by atoms with van der Waals surface area (Å²) >= 11 is 0. The van der Waals surface area contributed by atoms with E-state index in [1.165, 1.54) is 12.5 Å². The Morgan fingerprint density at radius 1 is 1.21 bits per heavy atom. The predicted molar refractivity (Wildman–Crippen MR) is 104 cm³/mol. The number of aryl methyl sites for hydroxylation is 1. The molecule has 3 aromatic rings. The van der Waals surface area contributed by atoms with Gasteiger partial charge in [-0.15, -0.1) is 5.10 Å². The normalized spacial score (nSPS) is 14.6. The quantitative estimate of drug-likeness (QED) is 0.697. The number of nitrogens with one attached hydrogen (secondary N) is 2. The summed E-state index contributed by atoms with van der Waals surface area (Å²) in [5.74, 6) is 0.570. The number of furan rings is 1. The average molecular weight is 395 g/mol. The molecule has 0 spiro atoms. The Hall–Kier alpha value is -3.69. The van der Waals surface area contributed by atoms with E-state index in [-0.39, 0.29) is 18.0 Å². The molecule has 0 aliphatic carbocycles. The minimum Gasteiger partial charge on any atom is -0.472 e. The molecule has 1 fully saturated rings. The number of aromatic nitrogens is 4. The summed E-state index contributed by atoms with van der Waals surface area (Å²) in [6.45, 7) is 1.17. The van der Waals surface area contributed by atoms with Gasteiger partial charge in [-0.2, -0.15) is 0 Å². The molecule has 0 atom stereocenters. The number of carbonyl (C=O) groups excluding carboxylic acids is 2. The van der Waals surface area contributed by atoms with Crippen LogP contribution in [0.4, 0.5) is 10.5 Å². The fourth-order valence-electron chi connectivity index (χ4n) is 3.36. The highest BCUT2D eigenvalue weighted by molar-refractivity contribution is 5.94. The van der Waals surface area contributed by atoms with Crippen LogP contribution in [0.1, 0.15) is 23.2 Å². The van der Waals surface area contributed by atoms with Crippen LogP contribution in [0.25, 0.3) is 11.4 Å². The second-order valence-electron chi connectivity index (χ2n) is 6.88. The fourth-order valence-corrected chi connectivity index (χ4v) is 3.36. The first-order valence-electron chi connectivity index (χ1n) is 9.32. The van der Waals surface area contributed by atoms with Gasteiger partial charge in [-0.3, -0.25) is 4.79 Å². The standard InChI is InChI=1S/C19H21N7O3/c1-25-17(22-23-24-25)13-3-2-4-16(11-13)21-19(28)20-15-5-8-26(9-6-15)18(27)14-7-10-29-12-14/h2-4,7,10-12,15H,5-6,8-9H2,1H3,(H2,20,21,28). The largest absolute Gasteiger partial charge is 0.472 e. The second-order valence-corrected chi connectivity index (χ2v) is 6.88. The van der Waals surface area contributed by atoms with Crippen LogP contribution in [0.15, 0.2) is 47.3 Å². The molecular weight excluding hydrogens is 374 g/mol. The maximum atomic E-state index is 12.4. The number of piperidine rings is 1. The van der Waals surface area contributed by atoms with E-state index in [9.17, 15) is 9.59 Å². The number of hydrogen-bond acceptors (Lipinski definition) is 6. The third-order valence-corrected chi connectivity index (χ3v) is 4.88. The topological polar surface area (TPSA) is 118 Å². The van der Waals surface area contributed by atoms with Gasteiger partial charge in [0, 0.05) is 37.4 Å². The van der Waals surface area contributed by atoms with Crippen LogP contribution in [0.2, 0.25) is 0 Å². The molecule has 4 rings (SSSR count). The molecule has 0 bridgehead atoms. The number of tetrazole rings is 1. The zero-order valence-electron chi connectivity index (χ0n) is 15.9. The Bertz CT molecular complexity index is 991. The zero-order chi connectivity index (χ0) is 20.2. The van der Waals surface area contributed by atoms with Crippen molar-refractivity contribution in [3.05, 3.63) is 48.4 Å². The first-order valence-corrected chi connectivity index (χ1v) is 9.32. The van der Waals surface area contributed by atoms with Crippen molar-refractivity contribution in [2.75, 3.05) is 18.4 Å². The van der Waals surface area contributed by atoms with Crippen molar-refractivity contribution >= 4 is 17.6 Å². The molecule has 0 unspecified atom stereocenters. The lowest BCUT2D eigenvalue weighted by molar-refractivity contribution is 0.0708. The van der Waals surface area contributed by atoms with Gasteiger partial charge in [-0.1, -0.05) is 12.1 Å². The number of amides is 3. The molecule has 0 radical (unpaired) electrons. The molecule has 10 nitrogen and oxygen atoms in total. The predicted octanol–water partition coefficient (Wildman–Crippen LogP) is 1.90. The molecule has 2 N–H and O–H groups in total. The lowest BCUT2D eigenvalue weighted by atomic mass is 10.0. The SMILES string of the molecule is Cn1nnnc1-c1cccc(NC(=O)NC2CCN(C(=O)c3ccoc3)CC2)c1. The van der Waals surface area contributed by atoms with Crippen LogP contribution in [-0.2, 0) is 7.05 Å². The van der Waals surface area contributed by atoms with Crippen molar-refractivity contribution < 1.29 is 14.0 Å². The zero-order valence-corrected chi connectivity index (χ0v) is 15.9. The molecular formula is C19H21N7O3. The fraction of sp³-hybridized carbons (Fsp3) is 0.316. The molecule has 150 valence electrons. The van der Waals surface area contributed by atoms with E-state index in [1.807, 2.05) is 18.2 Å². The summed E-state index contributed by atoms with van der Waals surface area (Å²) in [5.41, 5.74) is 2.00. The summed E-state index contributed by atoms with van der Waals surface area (Å²) < 4.78 is 6.54. The summed E-state index contributed by atoms with van der Waals surface area (Å²) in [4.78, 5) is 26.5. The van der Waals surface area contributed by atoms with Crippen molar-refractivity contribution in [3.8, 4) is 11.4 Å². The maximum absolute atomic E-state index is 12.4. The Morgan fingerprint density at radius 3 is 2.72 bits per heavy atom. The van der Waals surface area contributed by atoms with Gasteiger partial charge < -0.3 is 20.0 Å². The van der Waals surface area contributed by atoms with Crippen molar-refractivity contribution in [2.24, 2.45) is 7.05 Å². The molecule has 0 saturated carbocycles. The number of nitrogens with zero attached hydrogens (tertiary/aromatic N) is 5. The van der Waals surface area contributed by atoms with E-state index in [1.54, 1.807) is 28.8 Å². The summed E-state index contributed by atoms with van der Waals surface area (Å²) in [6.07, 6.45) is 4.33. The van der Waals surface area contributed by atoms with E-state index < -0.39 is 0 Å². The highest BCUT2D eigenvalue weighted by Crippen LogP contribution is 2.20. The van der Waals surface area contributed by atoms with Gasteiger partial charge in [0.05, 0.1) is 11.8 Å². The molecule has 3 amide bonds. The molecule has 10 heteroatoms. The Morgan fingerprint density at radius 2 is 2.03 bits per heavy atom. The molecule has 1 aliphatic rings. The van der Waals surface area contributed by atoms with Gasteiger partial charge in [0.15, 0.2) is 5.82 Å². The number of rotatable bonds is 4. The Labute approximate surface area is 166 Å². The number of urea groups is 1. The Kier molecular flexibility index (Phi) is 5.23. The van der Waals surface area contributed by atoms with E-state index >= 15 is 0 Å². The van der Waals surface area contributed by atoms with E-state index in [2.05, 4.69) is 26.2 Å². The van der Waals surface area contributed by atoms with Crippen molar-refractivity contribution in [1.29, 1.82) is 0 Å². The number of anilines is 1. The van der Waals surface area contributed by atoms with Gasteiger partial charge in [-0.25, -0.2) is 9.48 Å². The van der Waals surface area contributed by atoms with Gasteiger partial charge >= 0.3 is 6.03 Å². The van der Waals surface area contributed by atoms with Gasteiger partial charge in [-0.05, 0) is 41.5 Å². The third-order valence-electron chi connectivity index (χ3n) is 4.88. The van der Waals surface area contributed by atoms with E-state index in [4.69, 9.17) is 4.42 Å². The molecule has 1 saturated heterocycles. The smallest absolute Gasteiger partial charge is 0.319 e. The molecule has 1 aliphatic heterocycles. The molecule has 2 aromatic heterocycles. The Balaban J connectivity index is 1.30. The number of benzene rings is 1. The molecule has 3 heterocycles. The van der Waals surface area contributed by atoms with Gasteiger partial charge in [0.1, 0.15) is 6.26 Å². The molecule has 29 heavy (non-hydrogen) atoms. The van der Waals surface area contributed by atoms with Crippen molar-refractivity contribution in [1.82, 2.24) is 30.4 Å². The summed E-state index contributed by atoms with van der Waals surface area (Å²) in [7, 11) is 1.76. The van der Waals surface area contributed by atoms with Crippen LogP contribution in [0.3, 0.4) is 0 Å². The minimum atomic E-state index is -0.280. The van der Waals surface area contributed by atoms with Gasteiger partial charge in [0.25, 0.3) is 5.91 Å². The highest BCUT2D eigenvalue weighted by atomic mass is 16.3. The lowest BCUT2D eigenvalue weighted by Gasteiger charge is -2.32. The van der Waals surface area contributed by atoms with Crippen LogP contribution in [-0.4, -0.2) is 56.2 Å². The maximum Gasteiger partial charge on any atom is 0.319 e. The van der Waals surface area contributed by atoms with Crippen molar-refractivity contribution in [2.45, 2.75) is 18.9 Å². The summed E-state index contributed by atoms with van der Waals surface area (Å²) in [6, 6.07) is 8.72. The number of likely N-dealkylation sites (tertiary alicyclic amines) is 1. The van der Waals surface area contributed by atoms with Crippen LogP contribution < -0.4 is 10.6 Å². The summed E-state index contributed by atoms with van der Waals surface area (Å²) in [5, 5.41) is 17.2. The molecule has 1 aromatic carbocycles. The van der Waals surface area contributed by atoms with Crippen LogP contribution >= 0.6 is 0 Å². The van der Waals surface area contributed by atoms with E-state index in [0.29, 0.717) is 43.0 Å².